The summed E-state index contributed by atoms with van der Waals surface area (Å²) in [6.07, 6.45) is 0. The standard InChI is InChI=1S/C37H20BN3/c39-21-22-8-5-9-23(18-22)24-19-33-35-34(20-24)41-32-17-4-2-11-26(32)28-13-7-15-30(37(28)41)38(35)29-14-6-12-27-25-10-1-3-16-31(25)40(33)36(27)29/h1-20H. The molecule has 4 heterocycles. The Morgan fingerprint density at radius 1 is 0.512 bits per heavy atom. The van der Waals surface area contributed by atoms with E-state index in [1.807, 2.05) is 18.2 Å². The largest absolute Gasteiger partial charge is 0.310 e. The molecule has 0 spiro atoms. The van der Waals surface area contributed by atoms with Crippen LogP contribution in [0.25, 0.3) is 66.1 Å². The van der Waals surface area contributed by atoms with Crippen LogP contribution in [0.4, 0.5) is 0 Å². The molecule has 2 aromatic heterocycles. The molecular weight excluding hydrogens is 497 g/mol. The van der Waals surface area contributed by atoms with Gasteiger partial charge in [-0.05, 0) is 63.9 Å². The average Bonchev–Trinajstić information content (AvgIpc) is 3.56. The highest BCUT2D eigenvalue weighted by atomic mass is 15.0. The Bertz CT molecular complexity index is 2360. The molecule has 3 nitrogen and oxygen atoms in total. The molecule has 0 fully saturated rings. The van der Waals surface area contributed by atoms with Crippen molar-refractivity contribution in [1.82, 2.24) is 9.13 Å². The summed E-state index contributed by atoms with van der Waals surface area (Å²) in [5.41, 5.74) is 14.4. The van der Waals surface area contributed by atoms with Gasteiger partial charge < -0.3 is 9.13 Å². The van der Waals surface area contributed by atoms with E-state index in [0.717, 1.165) is 11.1 Å². The van der Waals surface area contributed by atoms with Crippen LogP contribution in [-0.2, 0) is 0 Å². The van der Waals surface area contributed by atoms with Crippen molar-refractivity contribution in [1.29, 1.82) is 5.26 Å². The first-order valence-corrected chi connectivity index (χ1v) is 14.1. The SMILES string of the molecule is N#Cc1cccc(-c2cc3c4c(c2)-n2c5ccccc5c5cccc(c52)B4c2cccc4c5ccccc5n-3c24)c1. The molecule has 0 bridgehead atoms. The van der Waals surface area contributed by atoms with Crippen LogP contribution in [0.5, 0.6) is 0 Å². The third-order valence-electron chi connectivity index (χ3n) is 9.31. The van der Waals surface area contributed by atoms with E-state index in [1.165, 1.54) is 71.4 Å². The van der Waals surface area contributed by atoms with Gasteiger partial charge in [0.1, 0.15) is 0 Å². The lowest BCUT2D eigenvalue weighted by molar-refractivity contribution is 1.14. The Kier molecular flexibility index (Phi) is 3.82. The number of rotatable bonds is 1. The van der Waals surface area contributed by atoms with Gasteiger partial charge in [-0.1, -0.05) is 84.9 Å². The molecule has 41 heavy (non-hydrogen) atoms. The number of hydrogen-bond acceptors (Lipinski definition) is 1. The van der Waals surface area contributed by atoms with Gasteiger partial charge in [-0.3, -0.25) is 0 Å². The maximum atomic E-state index is 9.69. The second-order valence-electron chi connectivity index (χ2n) is 11.2. The van der Waals surface area contributed by atoms with Gasteiger partial charge in [0.15, 0.2) is 0 Å². The topological polar surface area (TPSA) is 33.6 Å². The molecule has 4 heteroatoms. The molecule has 0 aliphatic carbocycles. The summed E-state index contributed by atoms with van der Waals surface area (Å²) in [7, 11) is 0. The Hall–Kier alpha value is -5.53. The zero-order chi connectivity index (χ0) is 26.8. The zero-order valence-electron chi connectivity index (χ0n) is 22.0. The highest BCUT2D eigenvalue weighted by Crippen LogP contribution is 2.40. The molecule has 0 atom stereocenters. The fourth-order valence-corrected chi connectivity index (χ4v) is 7.76. The zero-order valence-corrected chi connectivity index (χ0v) is 22.0. The Balaban J connectivity index is 1.47. The molecule has 0 unspecified atom stereocenters. The fraction of sp³-hybridized carbons (Fsp3) is 0. The van der Waals surface area contributed by atoms with E-state index in [0.29, 0.717) is 5.56 Å². The summed E-state index contributed by atoms with van der Waals surface area (Å²) >= 11 is 0. The summed E-state index contributed by atoms with van der Waals surface area (Å²) in [6.45, 7) is 0.125. The first-order valence-electron chi connectivity index (χ1n) is 14.1. The number of nitrogens with zero attached hydrogens (tertiary/aromatic N) is 3. The van der Waals surface area contributed by atoms with E-state index in [4.69, 9.17) is 0 Å². The Morgan fingerprint density at radius 3 is 1.63 bits per heavy atom. The third-order valence-corrected chi connectivity index (χ3v) is 9.31. The highest BCUT2D eigenvalue weighted by Gasteiger charge is 2.40. The minimum Gasteiger partial charge on any atom is -0.310 e. The van der Waals surface area contributed by atoms with Crippen LogP contribution in [0.3, 0.4) is 0 Å². The number of fused-ring (bicyclic) bond motifs is 10. The van der Waals surface area contributed by atoms with Crippen molar-refractivity contribution in [2.45, 2.75) is 0 Å². The molecule has 0 saturated carbocycles. The molecule has 6 aromatic carbocycles. The van der Waals surface area contributed by atoms with Crippen LogP contribution in [0.2, 0.25) is 0 Å². The Labute approximate surface area is 236 Å². The van der Waals surface area contributed by atoms with Crippen molar-refractivity contribution < 1.29 is 0 Å². The van der Waals surface area contributed by atoms with Crippen LogP contribution >= 0.6 is 0 Å². The second kappa shape index (κ2) is 7.35. The van der Waals surface area contributed by atoms with Gasteiger partial charge in [0.05, 0.1) is 22.7 Å². The van der Waals surface area contributed by atoms with Crippen LogP contribution in [0, 0.1) is 11.3 Å². The molecule has 10 rings (SSSR count). The van der Waals surface area contributed by atoms with Gasteiger partial charge in [0.2, 0.25) is 0 Å². The maximum Gasteiger partial charge on any atom is 0.252 e. The number of hydrogen-bond donors (Lipinski definition) is 0. The number of aromatic nitrogens is 2. The summed E-state index contributed by atoms with van der Waals surface area (Å²) in [5.74, 6) is 0. The predicted octanol–water partition coefficient (Wildman–Crippen LogP) is 6.56. The lowest BCUT2D eigenvalue weighted by Crippen LogP contribution is -2.59. The molecule has 0 radical (unpaired) electrons. The summed E-state index contributed by atoms with van der Waals surface area (Å²) in [6, 6.07) is 46.2. The number of benzene rings is 6. The van der Waals surface area contributed by atoms with Gasteiger partial charge in [0.25, 0.3) is 6.71 Å². The molecule has 0 saturated heterocycles. The van der Waals surface area contributed by atoms with Gasteiger partial charge in [-0.15, -0.1) is 0 Å². The smallest absolute Gasteiger partial charge is 0.252 e. The maximum absolute atomic E-state index is 9.69. The quantitative estimate of drug-likeness (QED) is 0.227. The van der Waals surface area contributed by atoms with Crippen molar-refractivity contribution in [3.05, 3.63) is 127 Å². The summed E-state index contributed by atoms with van der Waals surface area (Å²) in [5, 5.41) is 14.8. The van der Waals surface area contributed by atoms with Crippen LogP contribution < -0.4 is 16.4 Å². The molecule has 0 amide bonds. The van der Waals surface area contributed by atoms with E-state index >= 15 is 0 Å². The summed E-state index contributed by atoms with van der Waals surface area (Å²) < 4.78 is 4.98. The first kappa shape index (κ1) is 21.3. The monoisotopic (exact) mass is 517 g/mol. The van der Waals surface area contributed by atoms with E-state index in [2.05, 4.69) is 118 Å². The van der Waals surface area contributed by atoms with Gasteiger partial charge >= 0.3 is 0 Å². The average molecular weight is 517 g/mol. The normalized spacial score (nSPS) is 12.8. The molecule has 0 N–H and O–H groups in total. The van der Waals surface area contributed by atoms with Crippen molar-refractivity contribution in [3.8, 4) is 28.6 Å². The van der Waals surface area contributed by atoms with E-state index in [1.54, 1.807) is 0 Å². The van der Waals surface area contributed by atoms with Crippen molar-refractivity contribution >= 4 is 66.7 Å². The minimum atomic E-state index is 0.125. The molecular formula is C37H20BN3. The minimum absolute atomic E-state index is 0.125. The van der Waals surface area contributed by atoms with Crippen molar-refractivity contribution in [2.24, 2.45) is 0 Å². The van der Waals surface area contributed by atoms with Crippen molar-refractivity contribution in [3.63, 3.8) is 0 Å². The second-order valence-corrected chi connectivity index (χ2v) is 11.2. The van der Waals surface area contributed by atoms with E-state index in [9.17, 15) is 5.26 Å². The first-order chi connectivity index (χ1) is 20.3. The predicted molar refractivity (Wildman–Crippen MR) is 170 cm³/mol. The molecule has 186 valence electrons. The van der Waals surface area contributed by atoms with Crippen molar-refractivity contribution in [2.75, 3.05) is 0 Å². The van der Waals surface area contributed by atoms with Crippen LogP contribution in [-0.4, -0.2) is 15.8 Å². The fourth-order valence-electron chi connectivity index (χ4n) is 7.76. The Morgan fingerprint density at radius 2 is 1.05 bits per heavy atom. The lowest BCUT2D eigenvalue weighted by Gasteiger charge is -2.34. The lowest BCUT2D eigenvalue weighted by atomic mass is 9.34. The molecule has 2 aliphatic rings. The highest BCUT2D eigenvalue weighted by molar-refractivity contribution is 7.00. The van der Waals surface area contributed by atoms with Gasteiger partial charge in [-0.25, -0.2) is 0 Å². The van der Waals surface area contributed by atoms with Gasteiger partial charge in [0, 0.05) is 44.0 Å². The third kappa shape index (κ3) is 2.50. The number of para-hydroxylation sites is 4. The van der Waals surface area contributed by atoms with Crippen LogP contribution in [0.15, 0.2) is 121 Å². The summed E-state index contributed by atoms with van der Waals surface area (Å²) in [4.78, 5) is 0. The van der Waals surface area contributed by atoms with Crippen LogP contribution in [0.1, 0.15) is 5.56 Å². The van der Waals surface area contributed by atoms with E-state index < -0.39 is 0 Å². The molecule has 2 aliphatic heterocycles. The van der Waals surface area contributed by atoms with Gasteiger partial charge in [-0.2, -0.15) is 5.26 Å². The molecule has 8 aromatic rings. The number of nitriles is 1. The van der Waals surface area contributed by atoms with E-state index in [-0.39, 0.29) is 6.71 Å².